The van der Waals surface area contributed by atoms with Crippen molar-refractivity contribution in [2.75, 3.05) is 24.3 Å². The molecule has 0 saturated heterocycles. The highest BCUT2D eigenvalue weighted by atomic mass is 16.2. The van der Waals surface area contributed by atoms with Crippen LogP contribution in [0.4, 0.5) is 16.2 Å². The lowest BCUT2D eigenvalue weighted by Gasteiger charge is -2.32. The Morgan fingerprint density at radius 3 is 2.15 bits per heavy atom. The first kappa shape index (κ1) is 26.2. The number of nitrogens with one attached hydrogen (secondary N) is 2. The molecular weight excluding hydrogens is 412 g/mol. The summed E-state index contributed by atoms with van der Waals surface area (Å²) in [6.45, 7) is 12.5. The Morgan fingerprint density at radius 1 is 0.970 bits per heavy atom. The molecule has 2 N–H and O–H groups in total. The van der Waals surface area contributed by atoms with Crippen LogP contribution in [0.1, 0.15) is 65.1 Å². The van der Waals surface area contributed by atoms with E-state index in [-0.39, 0.29) is 29.4 Å². The SMILES string of the molecule is CC(C)NC(=O)N(Cc1cc(NC(=O)CC(C)(C)C)ccc1N(C)C)[C@H](C)c1ccccc1. The maximum absolute atomic E-state index is 13.2. The highest BCUT2D eigenvalue weighted by molar-refractivity contribution is 5.91. The molecule has 0 spiro atoms. The van der Waals surface area contributed by atoms with Gasteiger partial charge in [0.1, 0.15) is 0 Å². The van der Waals surface area contributed by atoms with Gasteiger partial charge in [-0.25, -0.2) is 4.79 Å². The third kappa shape index (κ3) is 8.12. The molecule has 0 bridgehead atoms. The van der Waals surface area contributed by atoms with E-state index in [1.165, 1.54) is 0 Å². The maximum atomic E-state index is 13.2. The molecule has 0 aliphatic heterocycles. The first-order valence-corrected chi connectivity index (χ1v) is 11.6. The van der Waals surface area contributed by atoms with E-state index in [4.69, 9.17) is 0 Å². The molecule has 180 valence electrons. The van der Waals surface area contributed by atoms with Crippen LogP contribution in [0.2, 0.25) is 0 Å². The number of nitrogens with zero attached hydrogens (tertiary/aromatic N) is 2. The Morgan fingerprint density at radius 2 is 1.61 bits per heavy atom. The second kappa shape index (κ2) is 11.2. The van der Waals surface area contributed by atoms with Gasteiger partial charge in [-0.3, -0.25) is 4.79 Å². The van der Waals surface area contributed by atoms with Crippen LogP contribution in [0.15, 0.2) is 48.5 Å². The second-order valence-corrected chi connectivity index (χ2v) is 10.3. The van der Waals surface area contributed by atoms with Gasteiger partial charge >= 0.3 is 6.03 Å². The molecule has 0 saturated carbocycles. The Balaban J connectivity index is 2.39. The summed E-state index contributed by atoms with van der Waals surface area (Å²) in [5.41, 5.74) is 3.69. The second-order valence-electron chi connectivity index (χ2n) is 10.3. The number of rotatable bonds is 8. The van der Waals surface area contributed by atoms with Gasteiger partial charge in [-0.15, -0.1) is 0 Å². The van der Waals surface area contributed by atoms with Crippen LogP contribution in [0, 0.1) is 5.41 Å². The smallest absolute Gasteiger partial charge is 0.318 e. The molecule has 1 atom stereocenters. The molecule has 2 rings (SSSR count). The number of amides is 3. The molecule has 0 unspecified atom stereocenters. The molecule has 6 nitrogen and oxygen atoms in total. The summed E-state index contributed by atoms with van der Waals surface area (Å²) in [4.78, 5) is 29.6. The first-order valence-electron chi connectivity index (χ1n) is 11.6. The van der Waals surface area contributed by atoms with Gasteiger partial charge in [0.2, 0.25) is 5.91 Å². The Hall–Kier alpha value is -3.02. The zero-order valence-corrected chi connectivity index (χ0v) is 21.4. The molecule has 2 aromatic carbocycles. The van der Waals surface area contributed by atoms with Gasteiger partial charge in [0.05, 0.1) is 12.6 Å². The molecular formula is C27H40N4O2. The predicted molar refractivity (Wildman–Crippen MR) is 138 cm³/mol. The average Bonchev–Trinajstić information content (AvgIpc) is 2.70. The third-order valence-corrected chi connectivity index (χ3v) is 5.30. The van der Waals surface area contributed by atoms with E-state index in [1.54, 1.807) is 0 Å². The zero-order valence-electron chi connectivity index (χ0n) is 21.4. The Kier molecular flexibility index (Phi) is 8.91. The summed E-state index contributed by atoms with van der Waals surface area (Å²) < 4.78 is 0. The summed E-state index contributed by atoms with van der Waals surface area (Å²) in [6, 6.07) is 15.7. The van der Waals surface area contributed by atoms with Gasteiger partial charge in [0, 0.05) is 37.9 Å². The lowest BCUT2D eigenvalue weighted by Crippen LogP contribution is -2.43. The van der Waals surface area contributed by atoms with Gasteiger partial charge in [-0.2, -0.15) is 0 Å². The van der Waals surface area contributed by atoms with Crippen molar-refractivity contribution in [3.8, 4) is 0 Å². The van der Waals surface area contributed by atoms with E-state index in [0.717, 1.165) is 22.5 Å². The molecule has 0 fully saturated rings. The molecule has 3 amide bonds. The minimum Gasteiger partial charge on any atom is -0.377 e. The predicted octanol–water partition coefficient (Wildman–Crippen LogP) is 5.81. The summed E-state index contributed by atoms with van der Waals surface area (Å²) in [5.74, 6) is -0.0156. The Bertz CT molecular complexity index is 933. The lowest BCUT2D eigenvalue weighted by atomic mass is 9.92. The maximum Gasteiger partial charge on any atom is 0.318 e. The largest absolute Gasteiger partial charge is 0.377 e. The van der Waals surface area contributed by atoms with Gasteiger partial charge in [0.25, 0.3) is 0 Å². The molecule has 0 radical (unpaired) electrons. The van der Waals surface area contributed by atoms with Crippen LogP contribution in [-0.4, -0.2) is 37.0 Å². The molecule has 0 aliphatic carbocycles. The number of benzene rings is 2. The normalized spacial score (nSPS) is 12.3. The molecule has 0 aromatic heterocycles. The topological polar surface area (TPSA) is 64.7 Å². The van der Waals surface area contributed by atoms with Crippen LogP contribution in [0.3, 0.4) is 0 Å². The molecule has 0 heterocycles. The number of anilines is 2. The highest BCUT2D eigenvalue weighted by Crippen LogP contribution is 2.29. The first-order chi connectivity index (χ1) is 15.4. The quantitative estimate of drug-likeness (QED) is 0.531. The van der Waals surface area contributed by atoms with E-state index in [1.807, 2.05) is 114 Å². The number of hydrogen-bond acceptors (Lipinski definition) is 3. The monoisotopic (exact) mass is 452 g/mol. The number of carbonyl (C=O) groups excluding carboxylic acids is 2. The molecule has 6 heteroatoms. The standard InChI is InChI=1S/C27H40N4O2/c1-19(2)28-26(33)31(20(3)21-12-10-9-11-13-21)18-22-16-23(14-15-24(22)30(7)8)29-25(32)17-27(4,5)6/h9-16,19-20H,17-18H2,1-8H3,(H,28,33)(H,29,32)/t20-/m1/s1. The molecule has 33 heavy (non-hydrogen) atoms. The highest BCUT2D eigenvalue weighted by Gasteiger charge is 2.24. The van der Waals surface area contributed by atoms with Crippen molar-refractivity contribution in [2.45, 2.75) is 66.6 Å². The van der Waals surface area contributed by atoms with Crippen molar-refractivity contribution < 1.29 is 9.59 Å². The van der Waals surface area contributed by atoms with Crippen LogP contribution < -0.4 is 15.5 Å². The van der Waals surface area contributed by atoms with Gasteiger partial charge in [0.15, 0.2) is 0 Å². The van der Waals surface area contributed by atoms with Crippen LogP contribution in [0.5, 0.6) is 0 Å². The van der Waals surface area contributed by atoms with Gasteiger partial charge in [-0.05, 0) is 55.5 Å². The van der Waals surface area contributed by atoms with Crippen molar-refractivity contribution in [3.63, 3.8) is 0 Å². The van der Waals surface area contributed by atoms with Crippen molar-refractivity contribution in [1.29, 1.82) is 0 Å². The fourth-order valence-electron chi connectivity index (χ4n) is 3.72. The van der Waals surface area contributed by atoms with E-state index >= 15 is 0 Å². The molecule has 2 aromatic rings. The van der Waals surface area contributed by atoms with E-state index < -0.39 is 0 Å². The van der Waals surface area contributed by atoms with Gasteiger partial charge < -0.3 is 20.4 Å². The van der Waals surface area contributed by atoms with E-state index in [0.29, 0.717) is 13.0 Å². The van der Waals surface area contributed by atoms with Crippen molar-refractivity contribution >= 4 is 23.3 Å². The fourth-order valence-corrected chi connectivity index (χ4v) is 3.72. The van der Waals surface area contributed by atoms with E-state index in [2.05, 4.69) is 10.6 Å². The van der Waals surface area contributed by atoms with E-state index in [9.17, 15) is 9.59 Å². The minimum absolute atomic E-state index is 0.0156. The fraction of sp³-hybridized carbons (Fsp3) is 0.481. The van der Waals surface area contributed by atoms with Crippen LogP contribution in [-0.2, 0) is 11.3 Å². The number of carbonyl (C=O) groups is 2. The summed E-state index contributed by atoms with van der Waals surface area (Å²) >= 11 is 0. The van der Waals surface area contributed by atoms with Crippen LogP contribution in [0.25, 0.3) is 0 Å². The Labute approximate surface area is 199 Å². The lowest BCUT2D eigenvalue weighted by molar-refractivity contribution is -0.117. The van der Waals surface area contributed by atoms with Crippen molar-refractivity contribution in [3.05, 3.63) is 59.7 Å². The summed E-state index contributed by atoms with van der Waals surface area (Å²) in [5, 5.41) is 6.06. The number of hydrogen-bond donors (Lipinski definition) is 2. The van der Waals surface area contributed by atoms with Crippen molar-refractivity contribution in [1.82, 2.24) is 10.2 Å². The number of urea groups is 1. The minimum atomic E-state index is -0.126. The van der Waals surface area contributed by atoms with Crippen LogP contribution >= 0.6 is 0 Å². The average molecular weight is 453 g/mol. The van der Waals surface area contributed by atoms with Gasteiger partial charge in [-0.1, -0.05) is 51.1 Å². The van der Waals surface area contributed by atoms with Crippen molar-refractivity contribution in [2.24, 2.45) is 5.41 Å². The molecule has 0 aliphatic rings. The zero-order chi connectivity index (χ0) is 24.8. The third-order valence-electron chi connectivity index (χ3n) is 5.30. The summed E-state index contributed by atoms with van der Waals surface area (Å²) in [7, 11) is 3.96. The summed E-state index contributed by atoms with van der Waals surface area (Å²) in [6.07, 6.45) is 0.436.